The minimum absolute atomic E-state index is 0.0162. The van der Waals surface area contributed by atoms with E-state index in [4.69, 9.17) is 4.74 Å². The molecule has 0 aromatic heterocycles. The van der Waals surface area contributed by atoms with Crippen molar-refractivity contribution in [2.45, 2.75) is 347 Å². The number of hydrogen-bond acceptors (Lipinski definition) is 5. The van der Waals surface area contributed by atoms with Crippen molar-refractivity contribution in [2.24, 2.45) is 0 Å². The second kappa shape index (κ2) is 57.9. The molecule has 0 rings (SSSR count). The summed E-state index contributed by atoms with van der Waals surface area (Å²) in [6.07, 6.45) is 70.9. The van der Waals surface area contributed by atoms with E-state index < -0.39 is 12.1 Å². The van der Waals surface area contributed by atoms with Crippen LogP contribution in [0.2, 0.25) is 0 Å². The fourth-order valence-corrected chi connectivity index (χ4v) is 9.51. The third kappa shape index (κ3) is 53.7. The van der Waals surface area contributed by atoms with Crippen LogP contribution in [0, 0.1) is 0 Å². The summed E-state index contributed by atoms with van der Waals surface area (Å²) in [6.45, 7) is 4.90. The van der Waals surface area contributed by atoms with Crippen LogP contribution in [0.15, 0.2) is 24.3 Å². The van der Waals surface area contributed by atoms with E-state index in [9.17, 15) is 19.8 Å². The molecule has 0 aliphatic carbocycles. The average molecular weight is 959 g/mol. The first-order valence-electron chi connectivity index (χ1n) is 30.6. The fourth-order valence-electron chi connectivity index (χ4n) is 9.51. The van der Waals surface area contributed by atoms with Gasteiger partial charge in [-0.3, -0.25) is 9.59 Å². The van der Waals surface area contributed by atoms with Gasteiger partial charge in [0.1, 0.15) is 0 Å². The van der Waals surface area contributed by atoms with E-state index in [2.05, 4.69) is 31.3 Å². The highest BCUT2D eigenvalue weighted by Crippen LogP contribution is 2.17. The number of hydrogen-bond donors (Lipinski definition) is 3. The zero-order valence-corrected chi connectivity index (χ0v) is 45.9. The Bertz CT molecular complexity index is 1060. The van der Waals surface area contributed by atoms with Gasteiger partial charge >= 0.3 is 5.97 Å². The minimum atomic E-state index is -0.842. The predicted octanol–water partition coefficient (Wildman–Crippen LogP) is 19.0. The lowest BCUT2D eigenvalue weighted by Gasteiger charge is -2.20. The van der Waals surface area contributed by atoms with Crippen LogP contribution >= 0.6 is 0 Å². The summed E-state index contributed by atoms with van der Waals surface area (Å²) in [6, 6.07) is -0.626. The van der Waals surface area contributed by atoms with E-state index >= 15 is 0 Å². The number of aliphatic hydroxyl groups is 2. The lowest BCUT2D eigenvalue weighted by molar-refractivity contribution is -0.143. The summed E-state index contributed by atoms with van der Waals surface area (Å²) in [5.41, 5.74) is 0. The van der Waals surface area contributed by atoms with Crippen LogP contribution in [-0.4, -0.2) is 47.4 Å². The summed E-state index contributed by atoms with van der Waals surface area (Å²) in [5.74, 6) is -0.0521. The van der Waals surface area contributed by atoms with Crippen molar-refractivity contribution < 1.29 is 24.5 Å². The fraction of sp³-hybridized carbons (Fsp3) is 0.903. The Morgan fingerprint density at radius 1 is 0.397 bits per heavy atom. The third-order valence-corrected chi connectivity index (χ3v) is 14.2. The lowest BCUT2D eigenvalue weighted by Crippen LogP contribution is -2.45. The van der Waals surface area contributed by atoms with Crippen molar-refractivity contribution in [2.75, 3.05) is 13.2 Å². The Hall–Kier alpha value is -1.66. The van der Waals surface area contributed by atoms with Crippen LogP contribution in [0.25, 0.3) is 0 Å². The highest BCUT2D eigenvalue weighted by atomic mass is 16.5. The second-order valence-corrected chi connectivity index (χ2v) is 21.0. The number of amides is 1. The molecule has 0 heterocycles. The highest BCUT2D eigenvalue weighted by molar-refractivity contribution is 5.76. The van der Waals surface area contributed by atoms with Gasteiger partial charge in [0.25, 0.3) is 0 Å². The zero-order chi connectivity index (χ0) is 49.3. The van der Waals surface area contributed by atoms with E-state index in [0.29, 0.717) is 19.4 Å². The van der Waals surface area contributed by atoms with Gasteiger partial charge in [0.2, 0.25) is 5.91 Å². The predicted molar refractivity (Wildman–Crippen MR) is 296 cm³/mol. The first-order valence-corrected chi connectivity index (χ1v) is 30.6. The minimum Gasteiger partial charge on any atom is -0.466 e. The molecule has 0 spiro atoms. The van der Waals surface area contributed by atoms with Crippen LogP contribution in [0.5, 0.6) is 0 Å². The van der Waals surface area contributed by atoms with Crippen LogP contribution in [0.1, 0.15) is 335 Å². The van der Waals surface area contributed by atoms with Gasteiger partial charge in [-0.05, 0) is 57.8 Å². The van der Waals surface area contributed by atoms with Gasteiger partial charge in [-0.1, -0.05) is 289 Å². The number of ether oxygens (including phenoxy) is 1. The molecule has 6 heteroatoms. The monoisotopic (exact) mass is 958 g/mol. The van der Waals surface area contributed by atoms with Crippen LogP contribution in [0.4, 0.5) is 0 Å². The molecule has 0 saturated heterocycles. The van der Waals surface area contributed by atoms with Crippen LogP contribution < -0.4 is 5.32 Å². The third-order valence-electron chi connectivity index (χ3n) is 14.2. The Balaban J connectivity index is 3.37. The summed E-state index contributed by atoms with van der Waals surface area (Å²) in [4.78, 5) is 24.4. The molecule has 0 aromatic rings. The number of esters is 1. The molecule has 0 saturated carbocycles. The zero-order valence-electron chi connectivity index (χ0n) is 45.9. The molecule has 2 unspecified atom stereocenters. The highest BCUT2D eigenvalue weighted by Gasteiger charge is 2.18. The van der Waals surface area contributed by atoms with Gasteiger partial charge in [0.05, 0.1) is 25.4 Å². The molecule has 0 aliphatic rings. The van der Waals surface area contributed by atoms with Gasteiger partial charge in [-0.25, -0.2) is 0 Å². The smallest absolute Gasteiger partial charge is 0.305 e. The standard InChI is InChI=1S/C62H119NO5/c1-3-5-7-9-11-13-15-36-40-44-48-52-56-62(67)68-57-53-49-45-41-37-33-31-29-27-25-23-21-19-17-16-18-20-22-24-26-28-30-32-35-39-43-47-51-55-61(66)63-59(58-64)60(65)54-50-46-42-38-34-14-12-10-8-6-4-2/h16-17,50,54,59-60,64-65H,3-15,18-49,51-53,55-58H2,1-2H3,(H,63,66)/b17-16-,54-50+. The Labute approximate surface area is 424 Å². The number of carbonyl (C=O) groups is 2. The molecule has 402 valence electrons. The maximum atomic E-state index is 12.4. The molecule has 0 radical (unpaired) electrons. The number of rotatable bonds is 57. The molecule has 1 amide bonds. The number of unbranched alkanes of at least 4 members (excludes halogenated alkanes) is 44. The lowest BCUT2D eigenvalue weighted by atomic mass is 10.0. The van der Waals surface area contributed by atoms with Gasteiger partial charge in [-0.2, -0.15) is 0 Å². The summed E-state index contributed by atoms with van der Waals surface area (Å²) < 4.78 is 5.47. The number of nitrogens with one attached hydrogen (secondary N) is 1. The molecule has 0 aliphatic heterocycles. The molecule has 6 nitrogen and oxygen atoms in total. The van der Waals surface area contributed by atoms with Crippen molar-refractivity contribution in [1.29, 1.82) is 0 Å². The Morgan fingerprint density at radius 3 is 1.04 bits per heavy atom. The largest absolute Gasteiger partial charge is 0.466 e. The van der Waals surface area contributed by atoms with Gasteiger partial charge in [0.15, 0.2) is 0 Å². The first-order chi connectivity index (χ1) is 33.5. The van der Waals surface area contributed by atoms with Gasteiger partial charge in [-0.15, -0.1) is 0 Å². The summed E-state index contributed by atoms with van der Waals surface area (Å²) in [5, 5.41) is 23.0. The average Bonchev–Trinajstić information content (AvgIpc) is 3.34. The first kappa shape index (κ1) is 66.3. The molecule has 2 atom stereocenters. The maximum Gasteiger partial charge on any atom is 0.305 e. The topological polar surface area (TPSA) is 95.9 Å². The molecule has 0 fully saturated rings. The van der Waals surface area contributed by atoms with E-state index in [1.54, 1.807) is 6.08 Å². The van der Waals surface area contributed by atoms with Crippen molar-refractivity contribution in [3.05, 3.63) is 24.3 Å². The number of allylic oxidation sites excluding steroid dienone is 3. The van der Waals surface area contributed by atoms with Crippen molar-refractivity contribution in [3.8, 4) is 0 Å². The van der Waals surface area contributed by atoms with E-state index in [0.717, 1.165) is 38.5 Å². The Morgan fingerprint density at radius 2 is 0.691 bits per heavy atom. The quantitative estimate of drug-likeness (QED) is 0.0321. The van der Waals surface area contributed by atoms with Crippen LogP contribution in [-0.2, 0) is 14.3 Å². The molecule has 68 heavy (non-hydrogen) atoms. The second-order valence-electron chi connectivity index (χ2n) is 21.0. The van der Waals surface area contributed by atoms with Crippen molar-refractivity contribution >= 4 is 11.9 Å². The van der Waals surface area contributed by atoms with E-state index in [1.165, 1.54) is 270 Å². The molecular weight excluding hydrogens is 839 g/mol. The molecular formula is C62H119NO5. The van der Waals surface area contributed by atoms with E-state index in [1.807, 2.05) is 6.08 Å². The number of aliphatic hydroxyl groups excluding tert-OH is 2. The number of carbonyl (C=O) groups excluding carboxylic acids is 2. The molecule has 0 bridgehead atoms. The van der Waals surface area contributed by atoms with Crippen molar-refractivity contribution in [1.82, 2.24) is 5.32 Å². The van der Waals surface area contributed by atoms with E-state index in [-0.39, 0.29) is 18.5 Å². The van der Waals surface area contributed by atoms with Crippen molar-refractivity contribution in [3.63, 3.8) is 0 Å². The van der Waals surface area contributed by atoms with Gasteiger partial charge < -0.3 is 20.3 Å². The van der Waals surface area contributed by atoms with Gasteiger partial charge in [0, 0.05) is 12.8 Å². The molecule has 3 N–H and O–H groups in total. The Kier molecular flexibility index (Phi) is 56.5. The summed E-state index contributed by atoms with van der Waals surface area (Å²) >= 11 is 0. The maximum absolute atomic E-state index is 12.4. The summed E-state index contributed by atoms with van der Waals surface area (Å²) in [7, 11) is 0. The van der Waals surface area contributed by atoms with Crippen LogP contribution in [0.3, 0.4) is 0 Å². The SMILES string of the molecule is CCCCCCCCCCC/C=C/C(O)C(CO)NC(=O)CCCCCCCCCCCCCC/C=C\CCCCCCCCCCCCCCOC(=O)CCCCCCCCCCCCCC. The molecule has 0 aromatic carbocycles. The normalized spacial score (nSPS) is 12.7.